The Morgan fingerprint density at radius 1 is 1.03 bits per heavy atom. The van der Waals surface area contributed by atoms with Crippen molar-refractivity contribution in [1.82, 2.24) is 20.3 Å². The summed E-state index contributed by atoms with van der Waals surface area (Å²) in [6.07, 6.45) is 5.14. The summed E-state index contributed by atoms with van der Waals surface area (Å²) >= 11 is 0. The Hall–Kier alpha value is -4.46. The van der Waals surface area contributed by atoms with Gasteiger partial charge < -0.3 is 10.2 Å². The summed E-state index contributed by atoms with van der Waals surface area (Å²) in [7, 11) is 0. The third kappa shape index (κ3) is 5.23. The highest BCUT2D eigenvalue weighted by atomic mass is 19.1. The Morgan fingerprint density at radius 3 is 2.57 bits per heavy atom. The zero-order valence-corrected chi connectivity index (χ0v) is 20.8. The highest BCUT2D eigenvalue weighted by molar-refractivity contribution is 6.05. The summed E-state index contributed by atoms with van der Waals surface area (Å²) in [4.78, 5) is 32.3. The van der Waals surface area contributed by atoms with Gasteiger partial charge in [-0.05, 0) is 74.9 Å². The Balaban J connectivity index is 1.47. The molecule has 1 amide bonds. The number of amides is 1. The van der Waals surface area contributed by atoms with Gasteiger partial charge in [-0.1, -0.05) is 17.3 Å². The van der Waals surface area contributed by atoms with Crippen molar-refractivity contribution in [3.05, 3.63) is 113 Å². The minimum absolute atomic E-state index is 0.291. The van der Waals surface area contributed by atoms with Crippen LogP contribution in [0.2, 0.25) is 0 Å². The lowest BCUT2D eigenvalue weighted by atomic mass is 9.90. The Morgan fingerprint density at radius 2 is 1.86 bits per heavy atom. The first-order valence-electron chi connectivity index (χ1n) is 12.0. The number of carbonyl (C=O) groups excluding carboxylic acids is 1. The summed E-state index contributed by atoms with van der Waals surface area (Å²) in [6.45, 7) is 5.72. The maximum atomic E-state index is 13.3. The van der Waals surface area contributed by atoms with E-state index in [1.807, 2.05) is 50.2 Å². The molecule has 0 bridgehead atoms. The molecular formula is C29H26FN5O2. The molecule has 8 heteroatoms. The number of nitrogens with one attached hydrogen (secondary N) is 1. The number of halogens is 1. The van der Waals surface area contributed by atoms with Crippen LogP contribution in [0.25, 0.3) is 11.3 Å². The number of hydrogen-bond acceptors (Lipinski definition) is 6. The van der Waals surface area contributed by atoms with Crippen LogP contribution in [0.5, 0.6) is 0 Å². The summed E-state index contributed by atoms with van der Waals surface area (Å²) in [5.74, 6) is -0.719. The van der Waals surface area contributed by atoms with Gasteiger partial charge in [-0.15, -0.1) is 0 Å². The van der Waals surface area contributed by atoms with Gasteiger partial charge in [0.05, 0.1) is 35.0 Å². The monoisotopic (exact) mass is 495 g/mol. The predicted octanol–water partition coefficient (Wildman–Crippen LogP) is 5.52. The van der Waals surface area contributed by atoms with Crippen LogP contribution >= 0.6 is 0 Å². The number of nitrogens with zero attached hydrogens (tertiary/aromatic N) is 4. The molecule has 0 saturated heterocycles. The van der Waals surface area contributed by atoms with E-state index in [1.54, 1.807) is 37.5 Å². The largest absolute Gasteiger partial charge is 0.382 e. The number of pyridine rings is 3. The molecule has 7 nitrogen and oxygen atoms in total. The van der Waals surface area contributed by atoms with Gasteiger partial charge in [0.15, 0.2) is 5.60 Å². The molecule has 5 rings (SSSR count). The fourth-order valence-corrected chi connectivity index (χ4v) is 4.22. The van der Waals surface area contributed by atoms with E-state index in [-0.39, 0.29) is 5.91 Å². The van der Waals surface area contributed by atoms with Gasteiger partial charge in [0.1, 0.15) is 5.82 Å². The molecule has 1 aromatic carbocycles. The van der Waals surface area contributed by atoms with Crippen molar-refractivity contribution in [2.24, 2.45) is 5.16 Å². The highest BCUT2D eigenvalue weighted by Crippen LogP contribution is 2.35. The lowest BCUT2D eigenvalue weighted by molar-refractivity contribution is -0.0108. The third-order valence-electron chi connectivity index (χ3n) is 6.35. The van der Waals surface area contributed by atoms with Gasteiger partial charge in [-0.25, -0.2) is 4.39 Å². The second-order valence-corrected chi connectivity index (χ2v) is 9.37. The smallest absolute Gasteiger partial charge is 0.251 e. The molecule has 0 radical (unpaired) electrons. The van der Waals surface area contributed by atoms with E-state index in [2.05, 4.69) is 25.4 Å². The number of rotatable bonds is 6. The second-order valence-electron chi connectivity index (χ2n) is 9.37. The molecular weight excluding hydrogens is 469 g/mol. The first-order chi connectivity index (χ1) is 17.8. The topological polar surface area (TPSA) is 89.4 Å². The van der Waals surface area contributed by atoms with Gasteiger partial charge in [-0.2, -0.15) is 0 Å². The number of hydrogen-bond donors (Lipinski definition) is 1. The van der Waals surface area contributed by atoms with E-state index >= 15 is 0 Å². The Labute approximate surface area is 214 Å². The zero-order valence-electron chi connectivity index (χ0n) is 20.8. The second kappa shape index (κ2) is 9.89. The van der Waals surface area contributed by atoms with Crippen LogP contribution in [0.3, 0.4) is 0 Å². The van der Waals surface area contributed by atoms with Gasteiger partial charge in [-0.3, -0.25) is 19.7 Å². The van der Waals surface area contributed by atoms with Crippen molar-refractivity contribution in [2.45, 2.75) is 38.8 Å². The van der Waals surface area contributed by atoms with E-state index < -0.39 is 17.5 Å². The van der Waals surface area contributed by atoms with Gasteiger partial charge in [0, 0.05) is 35.5 Å². The van der Waals surface area contributed by atoms with E-state index in [1.165, 1.54) is 6.07 Å². The Bertz CT molecular complexity index is 1460. The summed E-state index contributed by atoms with van der Waals surface area (Å²) in [5.41, 5.74) is 5.11. The number of carbonyl (C=O) groups is 1. The van der Waals surface area contributed by atoms with Gasteiger partial charge in [0.2, 0.25) is 0 Å². The maximum Gasteiger partial charge on any atom is 0.251 e. The van der Waals surface area contributed by atoms with Crippen molar-refractivity contribution in [2.75, 3.05) is 0 Å². The molecule has 0 spiro atoms. The average Bonchev–Trinajstić information content (AvgIpc) is 3.33. The molecule has 1 aliphatic heterocycles. The lowest BCUT2D eigenvalue weighted by Gasteiger charge is -2.20. The number of aromatic nitrogens is 3. The molecule has 2 atom stereocenters. The normalized spacial score (nSPS) is 17.6. The van der Waals surface area contributed by atoms with Gasteiger partial charge >= 0.3 is 0 Å². The zero-order chi connectivity index (χ0) is 26.0. The summed E-state index contributed by atoms with van der Waals surface area (Å²) in [5, 5.41) is 7.33. The maximum absolute atomic E-state index is 13.3. The molecule has 4 aromatic rings. The van der Waals surface area contributed by atoms with Crippen LogP contribution in [0.15, 0.2) is 84.4 Å². The lowest BCUT2D eigenvalue weighted by Crippen LogP contribution is -2.27. The van der Waals surface area contributed by atoms with Crippen LogP contribution in [-0.4, -0.2) is 26.6 Å². The van der Waals surface area contributed by atoms with Crippen LogP contribution in [0, 0.1) is 12.7 Å². The van der Waals surface area contributed by atoms with Crippen molar-refractivity contribution in [3.8, 4) is 11.3 Å². The predicted molar refractivity (Wildman–Crippen MR) is 138 cm³/mol. The van der Waals surface area contributed by atoms with Crippen molar-refractivity contribution in [3.63, 3.8) is 0 Å². The van der Waals surface area contributed by atoms with Crippen molar-refractivity contribution >= 4 is 11.6 Å². The van der Waals surface area contributed by atoms with Crippen LogP contribution < -0.4 is 5.32 Å². The molecule has 1 aliphatic rings. The summed E-state index contributed by atoms with van der Waals surface area (Å²) < 4.78 is 13.3. The average molecular weight is 496 g/mol. The number of oxime groups is 1. The molecule has 0 saturated carbocycles. The van der Waals surface area contributed by atoms with E-state index in [0.29, 0.717) is 23.4 Å². The highest BCUT2D eigenvalue weighted by Gasteiger charge is 2.38. The molecule has 1 N–H and O–H groups in total. The minimum Gasteiger partial charge on any atom is -0.382 e. The number of benzene rings is 1. The van der Waals surface area contributed by atoms with E-state index in [4.69, 9.17) is 4.84 Å². The first kappa shape index (κ1) is 24.2. The molecule has 1 unspecified atom stereocenters. The minimum atomic E-state index is -0.708. The molecule has 3 aromatic heterocycles. The van der Waals surface area contributed by atoms with Gasteiger partial charge in [0.25, 0.3) is 5.91 Å². The SMILES string of the molecule is Cc1ccc(-c2cc(C(=O)N[C@H](C)c3ccc(F)cn3)cc(C3=NOC(C)(c4ccccn4)C3)c2)nc1. The first-order valence-corrected chi connectivity index (χ1v) is 12.0. The fraction of sp³-hybridized carbons (Fsp3) is 0.207. The molecule has 37 heavy (non-hydrogen) atoms. The molecule has 0 aliphatic carbocycles. The van der Waals surface area contributed by atoms with E-state index in [0.717, 1.165) is 34.3 Å². The van der Waals surface area contributed by atoms with E-state index in [9.17, 15) is 9.18 Å². The van der Waals surface area contributed by atoms with Crippen LogP contribution in [0.4, 0.5) is 4.39 Å². The fourth-order valence-electron chi connectivity index (χ4n) is 4.22. The van der Waals surface area contributed by atoms with Crippen LogP contribution in [0.1, 0.15) is 59.2 Å². The van der Waals surface area contributed by atoms with Crippen molar-refractivity contribution < 1.29 is 14.0 Å². The molecule has 4 heterocycles. The van der Waals surface area contributed by atoms with Crippen molar-refractivity contribution in [1.29, 1.82) is 0 Å². The summed E-state index contributed by atoms with van der Waals surface area (Å²) in [6, 6.07) is 17.6. The molecule has 0 fully saturated rings. The number of aryl methyl sites for hydroxylation is 1. The van der Waals surface area contributed by atoms with Crippen LogP contribution in [-0.2, 0) is 10.4 Å². The standard InChI is InChI=1S/C29H26FN5O2/c1-18-7-9-25(32-16-18)20-12-21(26-15-29(3,37-35-26)27-6-4-5-11-31-27)14-22(13-20)28(36)34-19(2)24-10-8-23(30)17-33-24/h4-14,16-17,19H,15H2,1-3H3,(H,34,36)/t19-,29?/m1/s1. The molecule has 186 valence electrons. The quantitative estimate of drug-likeness (QED) is 0.381. The third-order valence-corrected chi connectivity index (χ3v) is 6.35. The Kier molecular flexibility index (Phi) is 6.48.